The molecule has 7 nitrogen and oxygen atoms in total. The molecule has 0 saturated heterocycles. The van der Waals surface area contributed by atoms with Crippen LogP contribution in [0.4, 0.5) is 5.95 Å². The van der Waals surface area contributed by atoms with Gasteiger partial charge in [0.05, 0.1) is 12.9 Å². The molecule has 0 aromatic carbocycles. The number of rotatable bonds is 5. The molecule has 0 aliphatic heterocycles. The van der Waals surface area contributed by atoms with Crippen molar-refractivity contribution in [1.82, 2.24) is 19.5 Å². The molecule has 8 heteroatoms. The van der Waals surface area contributed by atoms with Gasteiger partial charge in [-0.1, -0.05) is 11.6 Å². The Hall–Kier alpha value is -1.89. The number of nitrogen functional groups attached to an aromatic ring is 1. The number of hydrogen-bond acceptors (Lipinski definition) is 6. The third-order valence-electron chi connectivity index (χ3n) is 2.52. The summed E-state index contributed by atoms with van der Waals surface area (Å²) in [5, 5.41) is 0.228. The quantitative estimate of drug-likeness (QED) is 0.658. The van der Waals surface area contributed by atoms with E-state index in [-0.39, 0.29) is 17.1 Å². The first kappa shape index (κ1) is 13.5. The SMILES string of the molecule is CCOC(=O)CCCn1cnc2c(Cl)nc(N)nc21. The number of fused-ring (bicyclic) bond motifs is 1. The predicted octanol–water partition coefficient (Wildman–Crippen LogP) is 1.41. The number of aryl methyl sites for hydroxylation is 1. The molecule has 0 radical (unpaired) electrons. The number of esters is 1. The van der Waals surface area contributed by atoms with Gasteiger partial charge in [-0.2, -0.15) is 9.97 Å². The fourth-order valence-electron chi connectivity index (χ4n) is 1.72. The maximum Gasteiger partial charge on any atom is 0.305 e. The summed E-state index contributed by atoms with van der Waals surface area (Å²) in [5.74, 6) is -0.108. The highest BCUT2D eigenvalue weighted by Crippen LogP contribution is 2.19. The van der Waals surface area contributed by atoms with Crippen LogP contribution in [-0.4, -0.2) is 32.1 Å². The molecule has 2 rings (SSSR count). The van der Waals surface area contributed by atoms with Crippen molar-refractivity contribution in [1.29, 1.82) is 0 Å². The van der Waals surface area contributed by atoms with Gasteiger partial charge in [-0.15, -0.1) is 0 Å². The maximum absolute atomic E-state index is 11.2. The van der Waals surface area contributed by atoms with Crippen LogP contribution in [0.5, 0.6) is 0 Å². The number of nitrogens with two attached hydrogens (primary N) is 1. The van der Waals surface area contributed by atoms with Crippen molar-refractivity contribution < 1.29 is 9.53 Å². The molecule has 0 unspecified atom stereocenters. The molecule has 0 spiro atoms. The number of nitrogens with zero attached hydrogens (tertiary/aromatic N) is 4. The molecule has 0 atom stereocenters. The number of halogens is 1. The number of carbonyl (C=O) groups excluding carboxylic acids is 1. The largest absolute Gasteiger partial charge is 0.466 e. The van der Waals surface area contributed by atoms with Gasteiger partial charge in [0.15, 0.2) is 10.8 Å². The minimum Gasteiger partial charge on any atom is -0.466 e. The molecule has 0 saturated carbocycles. The van der Waals surface area contributed by atoms with E-state index in [4.69, 9.17) is 22.1 Å². The van der Waals surface area contributed by atoms with E-state index in [1.807, 2.05) is 0 Å². The lowest BCUT2D eigenvalue weighted by Gasteiger charge is -2.04. The summed E-state index contributed by atoms with van der Waals surface area (Å²) >= 11 is 5.92. The predicted molar refractivity (Wildman–Crippen MR) is 70.6 cm³/mol. The average Bonchev–Trinajstić information content (AvgIpc) is 2.73. The van der Waals surface area contributed by atoms with Gasteiger partial charge in [0.1, 0.15) is 5.52 Å². The van der Waals surface area contributed by atoms with Crippen LogP contribution in [0.3, 0.4) is 0 Å². The van der Waals surface area contributed by atoms with Crippen LogP contribution >= 0.6 is 11.6 Å². The molecule has 0 bridgehead atoms. The van der Waals surface area contributed by atoms with Crippen molar-refractivity contribution >= 4 is 34.7 Å². The Bertz CT molecular complexity index is 598. The Balaban J connectivity index is 2.07. The summed E-state index contributed by atoms with van der Waals surface area (Å²) < 4.78 is 6.65. The number of ether oxygens (including phenoxy) is 1. The normalized spacial score (nSPS) is 10.8. The van der Waals surface area contributed by atoms with Crippen molar-refractivity contribution in [3.8, 4) is 0 Å². The number of hydrogen-bond donors (Lipinski definition) is 1. The summed E-state index contributed by atoms with van der Waals surface area (Å²) in [7, 11) is 0. The molecule has 2 heterocycles. The number of aromatic nitrogens is 4. The first-order chi connectivity index (χ1) is 9.11. The van der Waals surface area contributed by atoms with Crippen LogP contribution in [0.1, 0.15) is 19.8 Å². The Labute approximate surface area is 114 Å². The smallest absolute Gasteiger partial charge is 0.305 e. The lowest BCUT2D eigenvalue weighted by atomic mass is 10.3. The van der Waals surface area contributed by atoms with Crippen LogP contribution in [-0.2, 0) is 16.1 Å². The van der Waals surface area contributed by atoms with E-state index in [1.54, 1.807) is 17.8 Å². The van der Waals surface area contributed by atoms with Crippen LogP contribution in [0, 0.1) is 0 Å². The van der Waals surface area contributed by atoms with Crippen LogP contribution < -0.4 is 5.73 Å². The van der Waals surface area contributed by atoms with Gasteiger partial charge in [-0.25, -0.2) is 4.98 Å². The zero-order chi connectivity index (χ0) is 13.8. The molecule has 0 aliphatic rings. The third-order valence-corrected chi connectivity index (χ3v) is 2.79. The second kappa shape index (κ2) is 5.83. The maximum atomic E-state index is 11.2. The van der Waals surface area contributed by atoms with Gasteiger partial charge in [0.2, 0.25) is 5.95 Å². The Morgan fingerprint density at radius 1 is 1.53 bits per heavy atom. The van der Waals surface area contributed by atoms with Crippen molar-refractivity contribution in [2.24, 2.45) is 0 Å². The summed E-state index contributed by atoms with van der Waals surface area (Å²) in [6, 6.07) is 0. The van der Waals surface area contributed by atoms with Crippen LogP contribution in [0.15, 0.2) is 6.33 Å². The van der Waals surface area contributed by atoms with Gasteiger partial charge < -0.3 is 15.0 Å². The average molecular weight is 284 g/mol. The monoisotopic (exact) mass is 283 g/mol. The molecule has 2 aromatic heterocycles. The molecule has 0 aliphatic carbocycles. The number of imidazole rings is 1. The van der Waals surface area contributed by atoms with E-state index in [2.05, 4.69) is 15.0 Å². The van der Waals surface area contributed by atoms with Crippen LogP contribution in [0.2, 0.25) is 5.15 Å². The first-order valence-corrected chi connectivity index (χ1v) is 6.29. The van der Waals surface area contributed by atoms with Crippen molar-refractivity contribution in [3.63, 3.8) is 0 Å². The van der Waals surface area contributed by atoms with Crippen molar-refractivity contribution in [2.45, 2.75) is 26.3 Å². The molecule has 2 N–H and O–H groups in total. The highest BCUT2D eigenvalue weighted by Gasteiger charge is 2.11. The number of anilines is 1. The second-order valence-electron chi connectivity index (χ2n) is 3.89. The third kappa shape index (κ3) is 3.11. The van der Waals surface area contributed by atoms with E-state index in [9.17, 15) is 4.79 Å². The second-order valence-corrected chi connectivity index (χ2v) is 4.25. The van der Waals surface area contributed by atoms with Gasteiger partial charge in [-0.3, -0.25) is 4.79 Å². The van der Waals surface area contributed by atoms with Crippen LogP contribution in [0.25, 0.3) is 11.2 Å². The highest BCUT2D eigenvalue weighted by atomic mass is 35.5. The standard InChI is InChI=1S/C11H14ClN5O2/c1-2-19-7(18)4-3-5-17-6-14-8-9(12)15-11(13)16-10(8)17/h6H,2-5H2,1H3,(H2,13,15,16). The summed E-state index contributed by atoms with van der Waals surface area (Å²) in [6.07, 6.45) is 2.59. The molecular formula is C11H14ClN5O2. The van der Waals surface area contributed by atoms with Gasteiger partial charge in [-0.05, 0) is 13.3 Å². The van der Waals surface area contributed by atoms with Gasteiger partial charge in [0.25, 0.3) is 0 Å². The topological polar surface area (TPSA) is 95.9 Å². The van der Waals surface area contributed by atoms with E-state index in [0.29, 0.717) is 37.2 Å². The summed E-state index contributed by atoms with van der Waals surface area (Å²) in [6.45, 7) is 2.76. The molecule has 0 amide bonds. The van der Waals surface area contributed by atoms with Gasteiger partial charge >= 0.3 is 5.97 Å². The van der Waals surface area contributed by atoms with Crippen molar-refractivity contribution in [3.05, 3.63) is 11.5 Å². The zero-order valence-electron chi connectivity index (χ0n) is 10.5. The Morgan fingerprint density at radius 3 is 3.05 bits per heavy atom. The molecule has 102 valence electrons. The minimum atomic E-state index is -0.209. The lowest BCUT2D eigenvalue weighted by molar-refractivity contribution is -0.143. The van der Waals surface area contributed by atoms with E-state index < -0.39 is 0 Å². The van der Waals surface area contributed by atoms with E-state index in [0.717, 1.165) is 0 Å². The summed E-state index contributed by atoms with van der Waals surface area (Å²) in [5.41, 5.74) is 6.62. The van der Waals surface area contributed by atoms with Crippen molar-refractivity contribution in [2.75, 3.05) is 12.3 Å². The number of carbonyl (C=O) groups is 1. The Morgan fingerprint density at radius 2 is 2.32 bits per heavy atom. The fraction of sp³-hybridized carbons (Fsp3) is 0.455. The summed E-state index contributed by atoms with van der Waals surface area (Å²) in [4.78, 5) is 23.3. The minimum absolute atomic E-state index is 0.102. The first-order valence-electron chi connectivity index (χ1n) is 5.91. The van der Waals surface area contributed by atoms with E-state index >= 15 is 0 Å². The lowest BCUT2D eigenvalue weighted by Crippen LogP contribution is -2.06. The molecule has 19 heavy (non-hydrogen) atoms. The highest BCUT2D eigenvalue weighted by molar-refractivity contribution is 6.33. The fourth-order valence-corrected chi connectivity index (χ4v) is 1.94. The molecule has 2 aromatic rings. The Kier molecular flexibility index (Phi) is 4.16. The molecule has 0 fully saturated rings. The zero-order valence-corrected chi connectivity index (χ0v) is 11.2. The van der Waals surface area contributed by atoms with E-state index in [1.165, 1.54) is 0 Å². The molecular weight excluding hydrogens is 270 g/mol. The van der Waals surface area contributed by atoms with Gasteiger partial charge in [0, 0.05) is 13.0 Å².